The van der Waals surface area contributed by atoms with Gasteiger partial charge in [0.1, 0.15) is 5.02 Å². The lowest BCUT2D eigenvalue weighted by molar-refractivity contribution is -0.384. The van der Waals surface area contributed by atoms with Crippen LogP contribution in [0.25, 0.3) is 0 Å². The Labute approximate surface area is 134 Å². The van der Waals surface area contributed by atoms with Crippen molar-refractivity contribution in [3.63, 3.8) is 0 Å². The van der Waals surface area contributed by atoms with Crippen LogP contribution < -0.4 is 0 Å². The molecule has 1 amide bonds. The standard InChI is InChI=1S/C15H19ClN2O4/c1-2-22-10-11-5-7-17(8-6-11)15(19)12-3-4-14(18(20)21)13(16)9-12/h3-4,9,11H,2,5-8,10H2,1H3. The molecule has 1 aliphatic rings. The highest BCUT2D eigenvalue weighted by Gasteiger charge is 2.25. The van der Waals surface area contributed by atoms with Crippen LogP contribution in [0.2, 0.25) is 5.02 Å². The van der Waals surface area contributed by atoms with Crippen molar-refractivity contribution in [1.29, 1.82) is 0 Å². The molecule has 6 nitrogen and oxygen atoms in total. The van der Waals surface area contributed by atoms with Crippen LogP contribution in [0.5, 0.6) is 0 Å². The summed E-state index contributed by atoms with van der Waals surface area (Å²) in [6.45, 7) is 4.76. The fourth-order valence-corrected chi connectivity index (χ4v) is 2.81. The summed E-state index contributed by atoms with van der Waals surface area (Å²) in [5.74, 6) is 0.358. The molecule has 2 rings (SSSR count). The third-order valence-electron chi connectivity index (χ3n) is 3.85. The van der Waals surface area contributed by atoms with E-state index in [1.807, 2.05) is 6.92 Å². The first-order valence-electron chi connectivity index (χ1n) is 7.34. The zero-order valence-corrected chi connectivity index (χ0v) is 13.2. The Morgan fingerprint density at radius 2 is 2.14 bits per heavy atom. The van der Waals surface area contributed by atoms with E-state index < -0.39 is 4.92 Å². The minimum Gasteiger partial charge on any atom is -0.381 e. The highest BCUT2D eigenvalue weighted by Crippen LogP contribution is 2.26. The molecule has 1 aliphatic heterocycles. The lowest BCUT2D eigenvalue weighted by Crippen LogP contribution is -2.39. The fourth-order valence-electron chi connectivity index (χ4n) is 2.56. The van der Waals surface area contributed by atoms with Crippen LogP contribution in [0.15, 0.2) is 18.2 Å². The Bertz CT molecular complexity index is 556. The summed E-state index contributed by atoms with van der Waals surface area (Å²) in [6.07, 6.45) is 1.82. The summed E-state index contributed by atoms with van der Waals surface area (Å²) < 4.78 is 5.42. The maximum atomic E-state index is 12.4. The van der Waals surface area contributed by atoms with E-state index in [-0.39, 0.29) is 16.6 Å². The van der Waals surface area contributed by atoms with Gasteiger partial charge in [0.15, 0.2) is 0 Å². The topological polar surface area (TPSA) is 72.7 Å². The second kappa shape index (κ2) is 7.56. The van der Waals surface area contributed by atoms with E-state index in [9.17, 15) is 14.9 Å². The summed E-state index contributed by atoms with van der Waals surface area (Å²) in [6, 6.07) is 4.10. The van der Waals surface area contributed by atoms with E-state index in [0.717, 1.165) is 19.4 Å². The van der Waals surface area contributed by atoms with Crippen LogP contribution in [0.1, 0.15) is 30.1 Å². The molecule has 0 aromatic heterocycles. The van der Waals surface area contributed by atoms with Crippen molar-refractivity contribution in [1.82, 2.24) is 4.90 Å². The van der Waals surface area contributed by atoms with Crippen molar-refractivity contribution in [3.05, 3.63) is 38.9 Å². The van der Waals surface area contributed by atoms with Gasteiger partial charge in [-0.15, -0.1) is 0 Å². The number of hydrogen-bond donors (Lipinski definition) is 0. The number of piperidine rings is 1. The Hall–Kier alpha value is -1.66. The maximum Gasteiger partial charge on any atom is 0.287 e. The number of nitrogens with zero attached hydrogens (tertiary/aromatic N) is 2. The number of amides is 1. The lowest BCUT2D eigenvalue weighted by atomic mass is 9.97. The normalized spacial score (nSPS) is 15.8. The molecule has 1 heterocycles. The van der Waals surface area contributed by atoms with Crippen LogP contribution >= 0.6 is 11.6 Å². The lowest BCUT2D eigenvalue weighted by Gasteiger charge is -2.31. The number of hydrogen-bond acceptors (Lipinski definition) is 4. The Kier molecular flexibility index (Phi) is 5.74. The molecule has 1 fully saturated rings. The molecule has 7 heteroatoms. The van der Waals surface area contributed by atoms with Crippen molar-refractivity contribution in [2.75, 3.05) is 26.3 Å². The smallest absolute Gasteiger partial charge is 0.287 e. The highest BCUT2D eigenvalue weighted by molar-refractivity contribution is 6.33. The molecule has 0 bridgehead atoms. The third kappa shape index (κ3) is 3.96. The molecule has 1 aromatic rings. The van der Waals surface area contributed by atoms with Crippen LogP contribution in [-0.2, 0) is 4.74 Å². The number of carbonyl (C=O) groups excluding carboxylic acids is 1. The fraction of sp³-hybridized carbons (Fsp3) is 0.533. The van der Waals surface area contributed by atoms with Gasteiger partial charge in [-0.3, -0.25) is 14.9 Å². The molecule has 0 radical (unpaired) electrons. The molecule has 0 atom stereocenters. The molecule has 1 aromatic carbocycles. The van der Waals surface area contributed by atoms with E-state index in [0.29, 0.717) is 31.2 Å². The predicted molar refractivity (Wildman–Crippen MR) is 83.2 cm³/mol. The first-order valence-corrected chi connectivity index (χ1v) is 7.71. The minimum absolute atomic E-state index is 0.0120. The molecule has 1 saturated heterocycles. The monoisotopic (exact) mass is 326 g/mol. The number of halogens is 1. The summed E-state index contributed by atoms with van der Waals surface area (Å²) in [4.78, 5) is 24.4. The van der Waals surface area contributed by atoms with Crippen LogP contribution in [-0.4, -0.2) is 42.0 Å². The predicted octanol–water partition coefficient (Wildman–Crippen LogP) is 3.14. The summed E-state index contributed by atoms with van der Waals surface area (Å²) in [7, 11) is 0. The quantitative estimate of drug-likeness (QED) is 0.615. The van der Waals surface area contributed by atoms with Gasteiger partial charge >= 0.3 is 0 Å². The number of likely N-dealkylation sites (tertiary alicyclic amines) is 1. The van der Waals surface area contributed by atoms with Crippen LogP contribution in [0.3, 0.4) is 0 Å². The molecule has 0 unspecified atom stereocenters. The molecule has 0 spiro atoms. The van der Waals surface area contributed by atoms with Gasteiger partial charge in [-0.2, -0.15) is 0 Å². The number of rotatable bonds is 5. The molecule has 120 valence electrons. The number of carbonyl (C=O) groups is 1. The molecule has 0 N–H and O–H groups in total. The molecule has 22 heavy (non-hydrogen) atoms. The van der Waals surface area contributed by atoms with Gasteiger partial charge in [0.2, 0.25) is 0 Å². The van der Waals surface area contributed by atoms with E-state index in [1.54, 1.807) is 4.90 Å². The SMILES string of the molecule is CCOCC1CCN(C(=O)c2ccc([N+](=O)[O-])c(Cl)c2)CC1. The van der Waals surface area contributed by atoms with Gasteiger partial charge in [0.25, 0.3) is 11.6 Å². The Morgan fingerprint density at radius 1 is 1.45 bits per heavy atom. The van der Waals surface area contributed by atoms with Gasteiger partial charge in [-0.25, -0.2) is 0 Å². The average Bonchev–Trinajstić information content (AvgIpc) is 2.52. The highest BCUT2D eigenvalue weighted by atomic mass is 35.5. The van der Waals surface area contributed by atoms with Gasteiger partial charge in [0.05, 0.1) is 4.92 Å². The number of benzene rings is 1. The second-order valence-electron chi connectivity index (χ2n) is 5.32. The largest absolute Gasteiger partial charge is 0.381 e. The molecule has 0 saturated carbocycles. The van der Waals surface area contributed by atoms with E-state index >= 15 is 0 Å². The van der Waals surface area contributed by atoms with E-state index in [1.165, 1.54) is 18.2 Å². The van der Waals surface area contributed by atoms with Gasteiger partial charge < -0.3 is 9.64 Å². The Morgan fingerprint density at radius 3 is 2.68 bits per heavy atom. The van der Waals surface area contributed by atoms with Gasteiger partial charge in [0, 0.05) is 37.9 Å². The number of ether oxygens (including phenoxy) is 1. The van der Waals surface area contributed by atoms with Crippen molar-refractivity contribution in [2.24, 2.45) is 5.92 Å². The zero-order valence-electron chi connectivity index (χ0n) is 12.5. The first kappa shape index (κ1) is 16.7. The number of nitro benzene ring substituents is 1. The minimum atomic E-state index is -0.560. The molecular weight excluding hydrogens is 308 g/mol. The van der Waals surface area contributed by atoms with Crippen LogP contribution in [0.4, 0.5) is 5.69 Å². The van der Waals surface area contributed by atoms with Crippen LogP contribution in [0, 0.1) is 16.0 Å². The van der Waals surface area contributed by atoms with E-state index in [2.05, 4.69) is 0 Å². The molecule has 0 aliphatic carbocycles. The Balaban J connectivity index is 1.98. The molecular formula is C15H19ClN2O4. The zero-order chi connectivity index (χ0) is 16.1. The second-order valence-corrected chi connectivity index (χ2v) is 5.73. The van der Waals surface area contributed by atoms with Gasteiger partial charge in [-0.05, 0) is 37.8 Å². The summed E-state index contributed by atoms with van der Waals surface area (Å²) >= 11 is 5.86. The van der Waals surface area contributed by atoms with E-state index in [4.69, 9.17) is 16.3 Å². The summed E-state index contributed by atoms with van der Waals surface area (Å²) in [5, 5.41) is 10.7. The van der Waals surface area contributed by atoms with Crippen molar-refractivity contribution < 1.29 is 14.5 Å². The van der Waals surface area contributed by atoms with Gasteiger partial charge in [-0.1, -0.05) is 11.6 Å². The van der Waals surface area contributed by atoms with Crippen molar-refractivity contribution >= 4 is 23.2 Å². The third-order valence-corrected chi connectivity index (χ3v) is 4.15. The summed E-state index contributed by atoms with van der Waals surface area (Å²) in [5.41, 5.74) is 0.201. The van der Waals surface area contributed by atoms with Crippen molar-refractivity contribution in [2.45, 2.75) is 19.8 Å². The maximum absolute atomic E-state index is 12.4. The average molecular weight is 327 g/mol. The number of nitro groups is 1. The first-order chi connectivity index (χ1) is 10.5. The van der Waals surface area contributed by atoms with Crippen molar-refractivity contribution in [3.8, 4) is 0 Å².